The number of benzene rings is 3. The molecule has 2 heterocycles. The molecule has 0 radical (unpaired) electrons. The molecular weight excluding hydrogens is 561 g/mol. The Kier molecular flexibility index (Phi) is 7.94. The lowest BCUT2D eigenvalue weighted by molar-refractivity contribution is -0.137. The lowest BCUT2D eigenvalue weighted by Crippen LogP contribution is -2.47. The van der Waals surface area contributed by atoms with Crippen molar-refractivity contribution < 1.29 is 18.0 Å². The van der Waals surface area contributed by atoms with Gasteiger partial charge in [-0.3, -0.25) is 9.69 Å². The van der Waals surface area contributed by atoms with Crippen molar-refractivity contribution in [2.75, 3.05) is 42.9 Å². The molecule has 4 aromatic rings. The first-order valence-electron chi connectivity index (χ1n) is 14.5. The highest BCUT2D eigenvalue weighted by Gasteiger charge is 2.42. The van der Waals surface area contributed by atoms with E-state index in [0.29, 0.717) is 23.8 Å². The Morgan fingerprint density at radius 2 is 1.69 bits per heavy atom. The first kappa shape index (κ1) is 28.6. The molecular formula is C33H34ClF3N4O. The maximum absolute atomic E-state index is 13.7. The topological polar surface area (TPSA) is 51.4 Å². The zero-order valence-electron chi connectivity index (χ0n) is 23.3. The SMILES string of the molecule is O=C(Nc1ccc2[nH]cc(CCN3CCN(c4cccc(C(F)(F)F)c4)CC3)c2c1)C1(c2ccc(Cl)cc2)CCCC1. The van der Waals surface area contributed by atoms with Crippen molar-refractivity contribution >= 4 is 39.8 Å². The van der Waals surface area contributed by atoms with E-state index >= 15 is 0 Å². The summed E-state index contributed by atoms with van der Waals surface area (Å²) in [6.45, 7) is 3.78. The number of anilines is 2. The summed E-state index contributed by atoms with van der Waals surface area (Å²) in [6.07, 6.45) is 2.19. The van der Waals surface area contributed by atoms with Crippen molar-refractivity contribution in [1.82, 2.24) is 9.88 Å². The highest BCUT2D eigenvalue weighted by atomic mass is 35.5. The average Bonchev–Trinajstić information content (AvgIpc) is 3.65. The van der Waals surface area contributed by atoms with E-state index in [0.717, 1.165) is 80.0 Å². The number of nitrogens with one attached hydrogen (secondary N) is 2. The van der Waals surface area contributed by atoms with Crippen molar-refractivity contribution in [3.05, 3.63) is 94.6 Å². The van der Waals surface area contributed by atoms with Gasteiger partial charge < -0.3 is 15.2 Å². The minimum Gasteiger partial charge on any atom is -0.369 e. The van der Waals surface area contributed by atoms with Crippen LogP contribution in [-0.2, 0) is 22.8 Å². The largest absolute Gasteiger partial charge is 0.416 e. The monoisotopic (exact) mass is 594 g/mol. The van der Waals surface area contributed by atoms with Crippen molar-refractivity contribution in [3.8, 4) is 0 Å². The zero-order chi connectivity index (χ0) is 29.3. The molecule has 3 aromatic carbocycles. The first-order chi connectivity index (χ1) is 20.2. The summed E-state index contributed by atoms with van der Waals surface area (Å²) in [7, 11) is 0. The summed E-state index contributed by atoms with van der Waals surface area (Å²) in [5.74, 6) is 0.0254. The summed E-state index contributed by atoms with van der Waals surface area (Å²) in [6, 6.07) is 19.2. The van der Waals surface area contributed by atoms with Crippen molar-refractivity contribution in [1.29, 1.82) is 0 Å². The van der Waals surface area contributed by atoms with Crippen LogP contribution < -0.4 is 10.2 Å². The molecule has 2 aliphatic rings. The molecule has 1 saturated carbocycles. The van der Waals surface area contributed by atoms with Crippen molar-refractivity contribution in [2.45, 2.75) is 43.7 Å². The number of nitrogens with zero attached hydrogens (tertiary/aromatic N) is 2. The second kappa shape index (κ2) is 11.7. The van der Waals surface area contributed by atoms with Crippen LogP contribution in [0.3, 0.4) is 0 Å². The molecule has 0 unspecified atom stereocenters. The molecule has 2 N–H and O–H groups in total. The lowest BCUT2D eigenvalue weighted by Gasteiger charge is -2.36. The second-order valence-electron chi connectivity index (χ2n) is 11.5. The van der Waals surface area contributed by atoms with Gasteiger partial charge in [0, 0.05) is 66.2 Å². The number of fused-ring (bicyclic) bond motifs is 1. The Balaban J connectivity index is 1.09. The predicted molar refractivity (Wildman–Crippen MR) is 162 cm³/mol. The van der Waals surface area contributed by atoms with Crippen molar-refractivity contribution in [3.63, 3.8) is 0 Å². The molecule has 42 heavy (non-hydrogen) atoms. The fourth-order valence-corrected chi connectivity index (χ4v) is 6.62. The maximum Gasteiger partial charge on any atom is 0.416 e. The van der Waals surface area contributed by atoms with E-state index in [-0.39, 0.29) is 5.91 Å². The van der Waals surface area contributed by atoms with Gasteiger partial charge in [-0.15, -0.1) is 0 Å². The van der Waals surface area contributed by atoms with Crippen LogP contribution in [0.25, 0.3) is 10.9 Å². The number of carbonyl (C=O) groups excluding carboxylic acids is 1. The van der Waals surface area contributed by atoms with Gasteiger partial charge in [-0.2, -0.15) is 13.2 Å². The number of aromatic amines is 1. The highest BCUT2D eigenvalue weighted by Crippen LogP contribution is 2.42. The van der Waals surface area contributed by atoms with E-state index < -0.39 is 17.2 Å². The van der Waals surface area contributed by atoms with Gasteiger partial charge in [-0.05, 0) is 78.9 Å². The maximum atomic E-state index is 13.7. The molecule has 6 rings (SSSR count). The number of H-pyrrole nitrogens is 1. The van der Waals surface area contributed by atoms with Crippen molar-refractivity contribution in [2.24, 2.45) is 0 Å². The molecule has 5 nitrogen and oxygen atoms in total. The average molecular weight is 595 g/mol. The molecule has 0 bridgehead atoms. The number of rotatable bonds is 7. The number of halogens is 4. The summed E-state index contributed by atoms with van der Waals surface area (Å²) < 4.78 is 39.4. The molecule has 2 fully saturated rings. The van der Waals surface area contributed by atoms with Crippen LogP contribution in [0.5, 0.6) is 0 Å². The zero-order valence-corrected chi connectivity index (χ0v) is 24.1. The molecule has 220 valence electrons. The number of hydrogen-bond acceptors (Lipinski definition) is 3. The number of alkyl halides is 3. The minimum absolute atomic E-state index is 0.0254. The van der Waals surface area contributed by atoms with Crippen LogP contribution in [0.4, 0.5) is 24.5 Å². The van der Waals surface area contributed by atoms with E-state index in [2.05, 4.69) is 21.3 Å². The van der Waals surface area contributed by atoms with E-state index in [1.807, 2.05) is 47.5 Å². The Bertz CT molecular complexity index is 1550. The molecule has 0 spiro atoms. The smallest absolute Gasteiger partial charge is 0.369 e. The van der Waals surface area contributed by atoms with Gasteiger partial charge >= 0.3 is 6.18 Å². The van der Waals surface area contributed by atoms with Gasteiger partial charge in [0.05, 0.1) is 11.0 Å². The second-order valence-corrected chi connectivity index (χ2v) is 11.9. The van der Waals surface area contributed by atoms with Gasteiger partial charge in [0.2, 0.25) is 5.91 Å². The summed E-state index contributed by atoms with van der Waals surface area (Å²) in [4.78, 5) is 21.4. The lowest BCUT2D eigenvalue weighted by atomic mass is 9.78. The van der Waals surface area contributed by atoms with Gasteiger partial charge in [-0.25, -0.2) is 0 Å². The van der Waals surface area contributed by atoms with Crippen LogP contribution in [0.15, 0.2) is 72.9 Å². The van der Waals surface area contributed by atoms with Crippen LogP contribution in [0, 0.1) is 0 Å². The minimum atomic E-state index is -4.34. The number of piperazine rings is 1. The summed E-state index contributed by atoms with van der Waals surface area (Å²) >= 11 is 6.12. The van der Waals surface area contributed by atoms with E-state index in [1.54, 1.807) is 6.07 Å². The molecule has 1 aliphatic carbocycles. The standard InChI is InChI=1S/C33H34ClF3N4O/c34-26-8-6-24(7-9-26)32(13-1-2-14-32)31(42)39-27-10-11-30-29(21-27)23(22-38-30)12-15-40-16-18-41(19-17-40)28-5-3-4-25(20-28)33(35,36)37/h3-11,20-22,38H,1-2,12-19H2,(H,39,42). The Morgan fingerprint density at radius 3 is 2.40 bits per heavy atom. The number of hydrogen-bond donors (Lipinski definition) is 2. The first-order valence-corrected chi connectivity index (χ1v) is 14.9. The van der Waals surface area contributed by atoms with Crippen LogP contribution in [-0.4, -0.2) is 48.5 Å². The van der Waals surface area contributed by atoms with Gasteiger partial charge in [0.1, 0.15) is 0 Å². The Hall–Kier alpha value is -3.49. The third kappa shape index (κ3) is 5.88. The third-order valence-electron chi connectivity index (χ3n) is 8.92. The molecule has 9 heteroatoms. The predicted octanol–water partition coefficient (Wildman–Crippen LogP) is 7.66. The quantitative estimate of drug-likeness (QED) is 0.231. The van der Waals surface area contributed by atoms with Crippen LogP contribution >= 0.6 is 11.6 Å². The van der Waals surface area contributed by atoms with Gasteiger partial charge in [0.15, 0.2) is 0 Å². The van der Waals surface area contributed by atoms with E-state index in [4.69, 9.17) is 11.6 Å². The molecule has 0 atom stereocenters. The summed E-state index contributed by atoms with van der Waals surface area (Å²) in [5, 5.41) is 4.96. The molecule has 1 aromatic heterocycles. The van der Waals surface area contributed by atoms with Gasteiger partial charge in [-0.1, -0.05) is 42.6 Å². The van der Waals surface area contributed by atoms with E-state index in [9.17, 15) is 18.0 Å². The summed E-state index contributed by atoms with van der Waals surface area (Å²) in [5.41, 5.74) is 3.45. The molecule has 1 amide bonds. The Labute approximate surface area is 248 Å². The number of aromatic nitrogens is 1. The number of amides is 1. The fraction of sp³-hybridized carbons (Fsp3) is 0.364. The normalized spacial score (nSPS) is 17.6. The molecule has 1 aliphatic heterocycles. The highest BCUT2D eigenvalue weighted by molar-refractivity contribution is 6.30. The number of carbonyl (C=O) groups is 1. The van der Waals surface area contributed by atoms with Crippen LogP contribution in [0.1, 0.15) is 42.4 Å². The van der Waals surface area contributed by atoms with Gasteiger partial charge in [0.25, 0.3) is 0 Å². The fourth-order valence-electron chi connectivity index (χ4n) is 6.50. The van der Waals surface area contributed by atoms with Crippen LogP contribution in [0.2, 0.25) is 5.02 Å². The molecule has 1 saturated heterocycles. The third-order valence-corrected chi connectivity index (χ3v) is 9.17. The van der Waals surface area contributed by atoms with E-state index in [1.165, 1.54) is 17.7 Å². The Morgan fingerprint density at radius 1 is 0.952 bits per heavy atom.